The first-order chi connectivity index (χ1) is 10.9. The average molecular weight is 324 g/mol. The van der Waals surface area contributed by atoms with Crippen molar-refractivity contribution in [2.45, 2.75) is 19.4 Å². The zero-order valence-corrected chi connectivity index (χ0v) is 14.0. The van der Waals surface area contributed by atoms with Crippen LogP contribution in [0.15, 0.2) is 9.59 Å². The lowest BCUT2D eigenvalue weighted by molar-refractivity contribution is 0.291. The summed E-state index contributed by atoms with van der Waals surface area (Å²) in [5.41, 5.74) is -0.0158. The highest BCUT2D eigenvalue weighted by atomic mass is 16.3. The summed E-state index contributed by atoms with van der Waals surface area (Å²) in [5.74, 6) is 0.538. The average Bonchev–Trinajstić information content (AvgIpc) is 2.87. The van der Waals surface area contributed by atoms with E-state index >= 15 is 0 Å². The van der Waals surface area contributed by atoms with Crippen molar-refractivity contribution in [2.75, 3.05) is 25.0 Å². The molecule has 2 aromatic heterocycles. The van der Waals surface area contributed by atoms with Gasteiger partial charge in [0.05, 0.1) is 6.61 Å². The molecule has 0 aromatic carbocycles. The normalized spacial score (nSPS) is 12.7. The second-order valence-electron chi connectivity index (χ2n) is 5.55. The number of aliphatic hydroxyl groups excluding tert-OH is 1. The molecule has 0 aliphatic heterocycles. The SMILES string of the molecule is CCC(CNCCO)Nc1nc2c(c(=O)n(C)c(=O)n2C)n1C. The van der Waals surface area contributed by atoms with Crippen molar-refractivity contribution in [3.8, 4) is 0 Å². The number of nitrogens with zero attached hydrogens (tertiary/aromatic N) is 4. The van der Waals surface area contributed by atoms with Crippen molar-refractivity contribution in [2.24, 2.45) is 21.1 Å². The van der Waals surface area contributed by atoms with Crippen LogP contribution in [0.4, 0.5) is 5.95 Å². The van der Waals surface area contributed by atoms with Gasteiger partial charge in [-0.15, -0.1) is 0 Å². The Hall–Kier alpha value is -2.13. The van der Waals surface area contributed by atoms with Crippen molar-refractivity contribution in [3.63, 3.8) is 0 Å². The molecule has 23 heavy (non-hydrogen) atoms. The molecule has 9 heteroatoms. The Kier molecular flexibility index (Phi) is 5.22. The van der Waals surface area contributed by atoms with Gasteiger partial charge in [0.2, 0.25) is 5.95 Å². The lowest BCUT2D eigenvalue weighted by Gasteiger charge is -2.17. The van der Waals surface area contributed by atoms with Crippen LogP contribution in [0.2, 0.25) is 0 Å². The molecule has 2 heterocycles. The first kappa shape index (κ1) is 17.2. The summed E-state index contributed by atoms with van der Waals surface area (Å²) in [6.07, 6.45) is 0.846. The molecule has 0 saturated heterocycles. The van der Waals surface area contributed by atoms with E-state index < -0.39 is 5.69 Å². The Morgan fingerprint density at radius 3 is 2.48 bits per heavy atom. The maximum atomic E-state index is 12.3. The van der Waals surface area contributed by atoms with Gasteiger partial charge in [-0.25, -0.2) is 4.79 Å². The standard InChI is InChI=1S/C14H24N6O3/c1-5-9(8-15-6-7-21)16-13-17-11-10(18(13)2)12(22)20(4)14(23)19(11)3/h9,15,21H,5-8H2,1-4H3,(H,16,17). The van der Waals surface area contributed by atoms with Crippen LogP contribution in [0.25, 0.3) is 11.2 Å². The van der Waals surface area contributed by atoms with E-state index in [1.807, 2.05) is 6.92 Å². The molecular formula is C14H24N6O3. The number of rotatable bonds is 7. The van der Waals surface area contributed by atoms with Gasteiger partial charge in [0.15, 0.2) is 11.2 Å². The fraction of sp³-hybridized carbons (Fsp3) is 0.643. The van der Waals surface area contributed by atoms with Crippen LogP contribution in [0.3, 0.4) is 0 Å². The van der Waals surface area contributed by atoms with Gasteiger partial charge in [-0.05, 0) is 6.42 Å². The van der Waals surface area contributed by atoms with Crippen molar-refractivity contribution in [3.05, 3.63) is 20.8 Å². The third-order valence-corrected chi connectivity index (χ3v) is 3.98. The molecule has 0 spiro atoms. The van der Waals surface area contributed by atoms with Gasteiger partial charge in [0.25, 0.3) is 5.56 Å². The molecule has 0 amide bonds. The van der Waals surface area contributed by atoms with E-state index in [0.717, 1.165) is 11.0 Å². The lowest BCUT2D eigenvalue weighted by Crippen LogP contribution is -2.37. The number of anilines is 1. The van der Waals surface area contributed by atoms with E-state index in [2.05, 4.69) is 15.6 Å². The van der Waals surface area contributed by atoms with E-state index in [9.17, 15) is 9.59 Å². The number of hydrogen-bond donors (Lipinski definition) is 3. The zero-order valence-electron chi connectivity index (χ0n) is 14.0. The molecular weight excluding hydrogens is 300 g/mol. The summed E-state index contributed by atoms with van der Waals surface area (Å²) in [5, 5.41) is 15.2. The van der Waals surface area contributed by atoms with Gasteiger partial charge >= 0.3 is 5.69 Å². The molecule has 128 valence electrons. The highest BCUT2D eigenvalue weighted by Crippen LogP contribution is 2.14. The third kappa shape index (κ3) is 3.15. The Balaban J connectivity index is 2.41. The molecule has 2 aromatic rings. The first-order valence-corrected chi connectivity index (χ1v) is 7.62. The second-order valence-corrected chi connectivity index (χ2v) is 5.55. The Morgan fingerprint density at radius 2 is 1.87 bits per heavy atom. The number of fused-ring (bicyclic) bond motifs is 1. The number of aliphatic hydroxyl groups is 1. The number of aryl methyl sites for hydroxylation is 2. The zero-order chi connectivity index (χ0) is 17.1. The number of hydrogen-bond acceptors (Lipinski definition) is 6. The molecule has 1 unspecified atom stereocenters. The van der Waals surface area contributed by atoms with E-state index in [1.165, 1.54) is 11.6 Å². The minimum absolute atomic E-state index is 0.0842. The predicted octanol–water partition coefficient (Wildman–Crippen LogP) is -1.26. The number of nitrogens with one attached hydrogen (secondary N) is 2. The maximum absolute atomic E-state index is 12.3. The summed E-state index contributed by atoms with van der Waals surface area (Å²) >= 11 is 0. The Morgan fingerprint density at radius 1 is 1.17 bits per heavy atom. The molecule has 0 radical (unpaired) electrons. The van der Waals surface area contributed by atoms with Crippen molar-refractivity contribution in [1.29, 1.82) is 0 Å². The van der Waals surface area contributed by atoms with Crippen molar-refractivity contribution in [1.82, 2.24) is 24.0 Å². The summed E-state index contributed by atoms with van der Waals surface area (Å²) in [4.78, 5) is 28.7. The highest BCUT2D eigenvalue weighted by molar-refractivity contribution is 5.74. The highest BCUT2D eigenvalue weighted by Gasteiger charge is 2.18. The monoisotopic (exact) mass is 324 g/mol. The molecule has 0 aliphatic rings. The summed E-state index contributed by atoms with van der Waals surface area (Å²) in [6, 6.07) is 0.0953. The molecule has 0 fully saturated rings. The Labute approximate surface area is 133 Å². The van der Waals surface area contributed by atoms with Crippen LogP contribution in [-0.4, -0.2) is 49.5 Å². The minimum atomic E-state index is -0.399. The molecule has 2 rings (SSSR count). The Bertz CT molecular complexity index is 803. The van der Waals surface area contributed by atoms with Gasteiger partial charge in [-0.3, -0.25) is 13.9 Å². The van der Waals surface area contributed by atoms with Crippen LogP contribution >= 0.6 is 0 Å². The number of imidazole rings is 1. The van der Waals surface area contributed by atoms with Gasteiger partial charge < -0.3 is 20.3 Å². The molecule has 1 atom stereocenters. The summed E-state index contributed by atoms with van der Waals surface area (Å²) in [7, 11) is 4.80. The van der Waals surface area contributed by atoms with Crippen molar-refractivity contribution < 1.29 is 5.11 Å². The summed E-state index contributed by atoms with van der Waals surface area (Å²) < 4.78 is 4.12. The fourth-order valence-electron chi connectivity index (χ4n) is 2.48. The van der Waals surface area contributed by atoms with Gasteiger partial charge in [-0.1, -0.05) is 6.92 Å². The molecule has 0 bridgehead atoms. The smallest absolute Gasteiger partial charge is 0.332 e. The van der Waals surface area contributed by atoms with Gasteiger partial charge in [-0.2, -0.15) is 4.98 Å². The van der Waals surface area contributed by atoms with Crippen LogP contribution in [0, 0.1) is 0 Å². The van der Waals surface area contributed by atoms with Crippen LogP contribution < -0.4 is 21.9 Å². The summed E-state index contributed by atoms with van der Waals surface area (Å²) in [6.45, 7) is 3.31. The lowest BCUT2D eigenvalue weighted by atomic mass is 10.2. The predicted molar refractivity (Wildman–Crippen MR) is 88.9 cm³/mol. The van der Waals surface area contributed by atoms with E-state index in [1.54, 1.807) is 18.7 Å². The van der Waals surface area contributed by atoms with Crippen LogP contribution in [-0.2, 0) is 21.1 Å². The topological polar surface area (TPSA) is 106 Å². The molecule has 3 N–H and O–H groups in total. The molecule has 0 saturated carbocycles. The fourth-order valence-corrected chi connectivity index (χ4v) is 2.48. The van der Waals surface area contributed by atoms with Crippen LogP contribution in [0.1, 0.15) is 13.3 Å². The van der Waals surface area contributed by atoms with E-state index in [4.69, 9.17) is 5.11 Å². The van der Waals surface area contributed by atoms with Crippen molar-refractivity contribution >= 4 is 17.1 Å². The van der Waals surface area contributed by atoms with Gasteiger partial charge in [0.1, 0.15) is 0 Å². The molecule has 9 nitrogen and oxygen atoms in total. The number of aromatic nitrogens is 4. The van der Waals surface area contributed by atoms with E-state index in [0.29, 0.717) is 30.2 Å². The third-order valence-electron chi connectivity index (χ3n) is 3.98. The maximum Gasteiger partial charge on any atom is 0.332 e. The van der Waals surface area contributed by atoms with E-state index in [-0.39, 0.29) is 18.2 Å². The second kappa shape index (κ2) is 6.97. The first-order valence-electron chi connectivity index (χ1n) is 7.62. The van der Waals surface area contributed by atoms with Gasteiger partial charge in [0, 0.05) is 40.3 Å². The van der Waals surface area contributed by atoms with Crippen LogP contribution in [0.5, 0.6) is 0 Å². The quantitative estimate of drug-likeness (QED) is 0.549. The molecule has 0 aliphatic carbocycles. The minimum Gasteiger partial charge on any atom is -0.395 e. The largest absolute Gasteiger partial charge is 0.395 e.